The number of hydrogen-bond acceptors (Lipinski definition) is 4. The number of nitrogens with zero attached hydrogens (tertiary/aromatic N) is 1. The van der Waals surface area contributed by atoms with E-state index in [1.54, 1.807) is 22.3 Å². The molecule has 16 heavy (non-hydrogen) atoms. The van der Waals surface area contributed by atoms with Gasteiger partial charge < -0.3 is 9.64 Å². The fraction of sp³-hybridized carbons (Fsp3) is 0.455. The van der Waals surface area contributed by atoms with E-state index in [-0.39, 0.29) is 12.5 Å². The second kappa shape index (κ2) is 3.59. The third-order valence-corrected chi connectivity index (χ3v) is 4.11. The first-order valence-corrected chi connectivity index (χ1v) is 5.83. The molecule has 0 spiro atoms. The molecule has 1 aliphatic heterocycles. The van der Waals surface area contributed by atoms with Crippen molar-refractivity contribution in [2.24, 2.45) is 0 Å². The molecule has 0 N–H and O–H groups in total. The summed E-state index contributed by atoms with van der Waals surface area (Å²) in [5, 5.41) is 1.90. The van der Waals surface area contributed by atoms with Crippen LogP contribution in [0.25, 0.3) is 0 Å². The average Bonchev–Trinajstić information content (AvgIpc) is 2.78. The molecule has 86 valence electrons. The van der Waals surface area contributed by atoms with Gasteiger partial charge in [-0.15, -0.1) is 11.3 Å². The summed E-state index contributed by atoms with van der Waals surface area (Å²) in [7, 11) is 1.33. The van der Waals surface area contributed by atoms with E-state index in [0.717, 1.165) is 4.88 Å². The molecule has 0 aliphatic carbocycles. The van der Waals surface area contributed by atoms with Gasteiger partial charge in [0.25, 0.3) is 5.91 Å². The van der Waals surface area contributed by atoms with Crippen molar-refractivity contribution in [2.45, 2.75) is 19.4 Å². The van der Waals surface area contributed by atoms with Gasteiger partial charge in [0.1, 0.15) is 6.54 Å². The lowest BCUT2D eigenvalue weighted by molar-refractivity contribution is -0.142. The van der Waals surface area contributed by atoms with Gasteiger partial charge in [0.15, 0.2) is 0 Å². The second-order valence-corrected chi connectivity index (χ2v) is 5.11. The Bertz CT molecular complexity index is 450. The normalized spacial score (nSPS) is 17.4. The number of carbonyl (C=O) groups is 2. The Balaban J connectivity index is 2.34. The molecule has 2 heterocycles. The fourth-order valence-corrected chi connectivity index (χ4v) is 2.96. The third kappa shape index (κ3) is 1.43. The predicted octanol–water partition coefficient (Wildman–Crippen LogP) is 1.61. The molecule has 1 aliphatic rings. The van der Waals surface area contributed by atoms with Crippen molar-refractivity contribution >= 4 is 23.2 Å². The molecule has 4 nitrogen and oxygen atoms in total. The molecule has 0 fully saturated rings. The van der Waals surface area contributed by atoms with E-state index in [1.807, 2.05) is 19.2 Å². The Morgan fingerprint density at radius 3 is 2.81 bits per heavy atom. The summed E-state index contributed by atoms with van der Waals surface area (Å²) in [4.78, 5) is 25.9. The van der Waals surface area contributed by atoms with Gasteiger partial charge >= 0.3 is 5.97 Å². The Labute approximate surface area is 97.8 Å². The van der Waals surface area contributed by atoms with Gasteiger partial charge in [-0.2, -0.15) is 0 Å². The van der Waals surface area contributed by atoms with Crippen LogP contribution in [0.4, 0.5) is 0 Å². The smallest absolute Gasteiger partial charge is 0.325 e. The van der Waals surface area contributed by atoms with Gasteiger partial charge in [0.05, 0.1) is 18.2 Å². The van der Waals surface area contributed by atoms with E-state index in [4.69, 9.17) is 0 Å². The van der Waals surface area contributed by atoms with Crippen molar-refractivity contribution in [3.63, 3.8) is 0 Å². The van der Waals surface area contributed by atoms with Crippen LogP contribution in [0.2, 0.25) is 0 Å². The lowest BCUT2D eigenvalue weighted by Crippen LogP contribution is -2.42. The Hall–Kier alpha value is -1.36. The third-order valence-electron chi connectivity index (χ3n) is 2.89. The molecule has 0 bridgehead atoms. The molecule has 0 radical (unpaired) electrons. The van der Waals surface area contributed by atoms with E-state index >= 15 is 0 Å². The largest absolute Gasteiger partial charge is 0.468 e. The molecule has 1 amide bonds. The molecule has 0 saturated carbocycles. The highest BCUT2D eigenvalue weighted by atomic mass is 32.1. The highest BCUT2D eigenvalue weighted by molar-refractivity contribution is 7.10. The molecule has 0 aromatic carbocycles. The summed E-state index contributed by atoms with van der Waals surface area (Å²) in [5.74, 6) is -0.483. The number of rotatable bonds is 2. The van der Waals surface area contributed by atoms with Crippen molar-refractivity contribution in [2.75, 3.05) is 13.7 Å². The second-order valence-electron chi connectivity index (χ2n) is 4.19. The monoisotopic (exact) mass is 239 g/mol. The van der Waals surface area contributed by atoms with Crippen LogP contribution in [0.3, 0.4) is 0 Å². The van der Waals surface area contributed by atoms with E-state index in [2.05, 4.69) is 4.74 Å². The van der Waals surface area contributed by atoms with Crippen molar-refractivity contribution in [1.29, 1.82) is 0 Å². The van der Waals surface area contributed by atoms with Crippen LogP contribution in [0.1, 0.15) is 29.1 Å². The molecule has 1 aromatic heterocycles. The Morgan fingerprint density at radius 1 is 1.56 bits per heavy atom. The Kier molecular flexibility index (Phi) is 2.50. The van der Waals surface area contributed by atoms with Crippen LogP contribution in [-0.4, -0.2) is 30.4 Å². The number of esters is 1. The zero-order valence-electron chi connectivity index (χ0n) is 9.44. The SMILES string of the molecule is COC(=O)CN1C(=O)c2ccsc2C1(C)C. The fourth-order valence-electron chi connectivity index (χ4n) is 1.94. The van der Waals surface area contributed by atoms with Crippen LogP contribution in [0.5, 0.6) is 0 Å². The van der Waals surface area contributed by atoms with Crippen molar-refractivity contribution in [3.05, 3.63) is 21.9 Å². The van der Waals surface area contributed by atoms with Gasteiger partial charge in [0.2, 0.25) is 0 Å². The minimum atomic E-state index is -0.422. The quantitative estimate of drug-likeness (QED) is 0.737. The summed E-state index contributed by atoms with van der Waals surface area (Å²) in [6.45, 7) is 3.88. The van der Waals surface area contributed by atoms with Crippen LogP contribution in [0, 0.1) is 0 Å². The molecular formula is C11H13NO3S. The maximum atomic E-state index is 12.0. The van der Waals surface area contributed by atoms with Crippen LogP contribution < -0.4 is 0 Å². The highest BCUT2D eigenvalue weighted by Gasteiger charge is 2.44. The van der Waals surface area contributed by atoms with E-state index < -0.39 is 11.5 Å². The summed E-state index contributed by atoms with van der Waals surface area (Å²) < 4.78 is 4.60. The summed E-state index contributed by atoms with van der Waals surface area (Å²) in [6, 6.07) is 1.81. The lowest BCUT2D eigenvalue weighted by atomic mass is 10.0. The zero-order chi connectivity index (χ0) is 11.9. The van der Waals surface area contributed by atoms with Crippen molar-refractivity contribution in [1.82, 2.24) is 4.90 Å². The van der Waals surface area contributed by atoms with Gasteiger partial charge in [-0.3, -0.25) is 9.59 Å². The summed E-state index contributed by atoms with van der Waals surface area (Å²) >= 11 is 1.55. The zero-order valence-corrected chi connectivity index (χ0v) is 10.3. The Morgan fingerprint density at radius 2 is 2.25 bits per heavy atom. The number of hydrogen-bond donors (Lipinski definition) is 0. The van der Waals surface area contributed by atoms with Crippen molar-refractivity contribution < 1.29 is 14.3 Å². The molecule has 0 saturated heterocycles. The van der Waals surface area contributed by atoms with Crippen LogP contribution >= 0.6 is 11.3 Å². The molecule has 1 aromatic rings. The van der Waals surface area contributed by atoms with E-state index in [1.165, 1.54) is 7.11 Å². The summed E-state index contributed by atoms with van der Waals surface area (Å²) in [6.07, 6.45) is 0. The number of carbonyl (C=O) groups excluding carboxylic acids is 2. The molecular weight excluding hydrogens is 226 g/mol. The first kappa shape index (κ1) is 11.1. The molecule has 2 rings (SSSR count). The topological polar surface area (TPSA) is 46.6 Å². The first-order chi connectivity index (χ1) is 7.48. The number of ether oxygens (including phenoxy) is 1. The van der Waals surface area contributed by atoms with Gasteiger partial charge in [0, 0.05) is 4.88 Å². The number of methoxy groups -OCH3 is 1. The van der Waals surface area contributed by atoms with E-state index in [9.17, 15) is 9.59 Å². The van der Waals surface area contributed by atoms with Gasteiger partial charge in [-0.1, -0.05) is 0 Å². The minimum absolute atomic E-state index is 0.00370. The van der Waals surface area contributed by atoms with Gasteiger partial charge in [-0.05, 0) is 25.3 Å². The van der Waals surface area contributed by atoms with E-state index in [0.29, 0.717) is 5.56 Å². The maximum Gasteiger partial charge on any atom is 0.325 e. The first-order valence-electron chi connectivity index (χ1n) is 4.95. The van der Waals surface area contributed by atoms with Crippen molar-refractivity contribution in [3.8, 4) is 0 Å². The molecule has 5 heteroatoms. The molecule has 0 atom stereocenters. The minimum Gasteiger partial charge on any atom is -0.468 e. The standard InChI is InChI=1S/C11H13NO3S/c1-11(2)9-7(4-5-16-9)10(14)12(11)6-8(13)15-3/h4-5H,6H2,1-3H3. The highest BCUT2D eigenvalue weighted by Crippen LogP contribution is 2.41. The average molecular weight is 239 g/mol. The van der Waals surface area contributed by atoms with Crippen LogP contribution in [-0.2, 0) is 15.1 Å². The lowest BCUT2D eigenvalue weighted by Gasteiger charge is -2.30. The molecule has 0 unspecified atom stereocenters. The number of thiophene rings is 1. The summed E-state index contributed by atoms with van der Waals surface area (Å²) in [5.41, 5.74) is 0.285. The number of fused-ring (bicyclic) bond motifs is 1. The van der Waals surface area contributed by atoms with Crippen LogP contribution in [0.15, 0.2) is 11.4 Å². The predicted molar refractivity (Wildman–Crippen MR) is 60.4 cm³/mol. The number of amides is 1. The maximum absolute atomic E-state index is 12.0. The van der Waals surface area contributed by atoms with Gasteiger partial charge in [-0.25, -0.2) is 0 Å².